The molecule has 1 heterocycles. The molecule has 0 atom stereocenters. The van der Waals surface area contributed by atoms with Crippen LogP contribution in [0.4, 0.5) is 5.82 Å². The SMILES string of the molecule is Cc1ccc(OCC(=O)n2ccc(N)n2)cc1. The van der Waals surface area contributed by atoms with Crippen molar-refractivity contribution in [2.75, 3.05) is 12.3 Å². The highest BCUT2D eigenvalue weighted by atomic mass is 16.5. The summed E-state index contributed by atoms with van der Waals surface area (Å²) in [6, 6.07) is 9.04. The van der Waals surface area contributed by atoms with Gasteiger partial charge in [-0.25, -0.2) is 4.68 Å². The van der Waals surface area contributed by atoms with E-state index >= 15 is 0 Å². The van der Waals surface area contributed by atoms with Crippen LogP contribution in [0.25, 0.3) is 0 Å². The highest BCUT2D eigenvalue weighted by Gasteiger charge is 2.06. The van der Waals surface area contributed by atoms with Crippen LogP contribution in [0, 0.1) is 6.92 Å². The second kappa shape index (κ2) is 4.69. The maximum absolute atomic E-state index is 11.6. The lowest BCUT2D eigenvalue weighted by molar-refractivity contribution is 0.0821. The molecule has 0 aliphatic carbocycles. The fraction of sp³-hybridized carbons (Fsp3) is 0.167. The number of benzene rings is 1. The Hall–Kier alpha value is -2.30. The molecule has 17 heavy (non-hydrogen) atoms. The summed E-state index contributed by atoms with van der Waals surface area (Å²) in [4.78, 5) is 11.6. The molecule has 1 aromatic carbocycles. The van der Waals surface area contributed by atoms with Crippen molar-refractivity contribution in [3.63, 3.8) is 0 Å². The third-order valence-electron chi connectivity index (χ3n) is 2.25. The highest BCUT2D eigenvalue weighted by Crippen LogP contribution is 2.11. The number of rotatable bonds is 3. The first-order valence-corrected chi connectivity index (χ1v) is 5.19. The van der Waals surface area contributed by atoms with Gasteiger partial charge in [-0.15, -0.1) is 5.10 Å². The Kier molecular flexibility index (Phi) is 3.09. The minimum Gasteiger partial charge on any atom is -0.484 e. The zero-order chi connectivity index (χ0) is 12.3. The van der Waals surface area contributed by atoms with E-state index in [0.717, 1.165) is 5.56 Å². The molecule has 0 unspecified atom stereocenters. The third kappa shape index (κ3) is 2.84. The molecule has 0 amide bonds. The van der Waals surface area contributed by atoms with Crippen LogP contribution in [-0.4, -0.2) is 22.3 Å². The smallest absolute Gasteiger partial charge is 0.284 e. The topological polar surface area (TPSA) is 70.1 Å². The van der Waals surface area contributed by atoms with Crippen LogP contribution < -0.4 is 10.5 Å². The van der Waals surface area contributed by atoms with Gasteiger partial charge in [0.2, 0.25) is 0 Å². The first kappa shape index (κ1) is 11.2. The van der Waals surface area contributed by atoms with Crippen molar-refractivity contribution < 1.29 is 9.53 Å². The van der Waals surface area contributed by atoms with Crippen LogP contribution in [0.3, 0.4) is 0 Å². The predicted octanol–water partition coefficient (Wildman–Crippen LogP) is 1.49. The van der Waals surface area contributed by atoms with Crippen LogP contribution in [0.15, 0.2) is 36.5 Å². The largest absolute Gasteiger partial charge is 0.484 e. The number of carbonyl (C=O) groups excluding carboxylic acids is 1. The van der Waals surface area contributed by atoms with Gasteiger partial charge in [0.15, 0.2) is 6.61 Å². The summed E-state index contributed by atoms with van der Waals surface area (Å²) in [5, 5.41) is 3.80. The Balaban J connectivity index is 1.94. The molecule has 0 aliphatic heterocycles. The van der Waals surface area contributed by atoms with Gasteiger partial charge in [-0.1, -0.05) is 17.7 Å². The van der Waals surface area contributed by atoms with Crippen LogP contribution in [0.1, 0.15) is 10.4 Å². The fourth-order valence-electron chi connectivity index (χ4n) is 1.32. The van der Waals surface area contributed by atoms with E-state index in [1.807, 2.05) is 31.2 Å². The number of aryl methyl sites for hydroxylation is 1. The van der Waals surface area contributed by atoms with E-state index in [1.54, 1.807) is 6.07 Å². The number of carbonyl (C=O) groups is 1. The van der Waals surface area contributed by atoms with E-state index in [9.17, 15) is 4.79 Å². The number of hydrogen-bond donors (Lipinski definition) is 1. The molecule has 2 N–H and O–H groups in total. The fourth-order valence-corrected chi connectivity index (χ4v) is 1.32. The highest BCUT2D eigenvalue weighted by molar-refractivity contribution is 5.79. The van der Waals surface area contributed by atoms with Gasteiger partial charge in [0.25, 0.3) is 5.91 Å². The van der Waals surface area contributed by atoms with Gasteiger partial charge < -0.3 is 10.5 Å². The molecular weight excluding hydrogens is 218 g/mol. The normalized spacial score (nSPS) is 10.2. The second-order valence-corrected chi connectivity index (χ2v) is 3.68. The molecular formula is C12H13N3O2. The average Bonchev–Trinajstić information content (AvgIpc) is 2.75. The molecule has 0 fully saturated rings. The maximum Gasteiger partial charge on any atom is 0.284 e. The van der Waals surface area contributed by atoms with Crippen molar-refractivity contribution >= 4 is 11.7 Å². The summed E-state index contributed by atoms with van der Waals surface area (Å²) in [5.41, 5.74) is 6.56. The van der Waals surface area contributed by atoms with Crippen molar-refractivity contribution in [3.8, 4) is 5.75 Å². The van der Waals surface area contributed by atoms with Crippen LogP contribution in [0.2, 0.25) is 0 Å². The van der Waals surface area contributed by atoms with Gasteiger partial charge in [-0.3, -0.25) is 4.79 Å². The number of nitrogens with two attached hydrogens (primary N) is 1. The predicted molar refractivity (Wildman–Crippen MR) is 63.9 cm³/mol. The zero-order valence-electron chi connectivity index (χ0n) is 9.46. The van der Waals surface area contributed by atoms with Crippen molar-refractivity contribution in [1.82, 2.24) is 9.78 Å². The standard InChI is InChI=1S/C12H13N3O2/c1-9-2-4-10(5-3-9)17-8-12(16)15-7-6-11(13)14-15/h2-7H,8H2,1H3,(H2,13,14). The number of nitrogen functional groups attached to an aromatic ring is 1. The van der Waals surface area contributed by atoms with Crippen molar-refractivity contribution in [2.45, 2.75) is 6.92 Å². The van der Waals surface area contributed by atoms with Gasteiger partial charge in [-0.05, 0) is 19.1 Å². The van der Waals surface area contributed by atoms with Crippen LogP contribution in [-0.2, 0) is 0 Å². The number of aromatic nitrogens is 2. The molecule has 88 valence electrons. The minimum atomic E-state index is -0.262. The Morgan fingerprint density at radius 1 is 1.35 bits per heavy atom. The zero-order valence-corrected chi connectivity index (χ0v) is 9.46. The summed E-state index contributed by atoms with van der Waals surface area (Å²) in [6.45, 7) is 1.92. The van der Waals surface area contributed by atoms with E-state index in [1.165, 1.54) is 10.9 Å². The lowest BCUT2D eigenvalue weighted by Gasteiger charge is -2.05. The molecule has 0 aliphatic rings. The molecule has 0 saturated carbocycles. The van der Waals surface area contributed by atoms with Crippen molar-refractivity contribution in [3.05, 3.63) is 42.1 Å². The number of hydrogen-bond acceptors (Lipinski definition) is 4. The molecule has 0 saturated heterocycles. The second-order valence-electron chi connectivity index (χ2n) is 3.68. The summed E-state index contributed by atoms with van der Waals surface area (Å²) in [5.74, 6) is 0.708. The van der Waals surface area contributed by atoms with Gasteiger partial charge in [0, 0.05) is 12.3 Å². The lowest BCUT2D eigenvalue weighted by Crippen LogP contribution is -2.19. The summed E-state index contributed by atoms with van der Waals surface area (Å²) in [7, 11) is 0. The molecule has 1 aromatic heterocycles. The Labute approximate surface area is 98.8 Å². The average molecular weight is 231 g/mol. The Morgan fingerprint density at radius 3 is 2.65 bits per heavy atom. The van der Waals surface area contributed by atoms with Gasteiger partial charge >= 0.3 is 0 Å². The lowest BCUT2D eigenvalue weighted by atomic mass is 10.2. The quantitative estimate of drug-likeness (QED) is 0.868. The molecule has 0 bridgehead atoms. The van der Waals surface area contributed by atoms with Gasteiger partial charge in [-0.2, -0.15) is 0 Å². The molecule has 5 heteroatoms. The maximum atomic E-state index is 11.6. The number of nitrogens with zero attached hydrogens (tertiary/aromatic N) is 2. The van der Waals surface area contributed by atoms with E-state index in [-0.39, 0.29) is 12.5 Å². The van der Waals surface area contributed by atoms with E-state index in [0.29, 0.717) is 11.6 Å². The minimum absolute atomic E-state index is 0.0653. The first-order chi connectivity index (χ1) is 8.15. The molecule has 0 radical (unpaired) electrons. The monoisotopic (exact) mass is 231 g/mol. The van der Waals surface area contributed by atoms with Gasteiger partial charge in [0.1, 0.15) is 11.6 Å². The van der Waals surface area contributed by atoms with E-state index < -0.39 is 0 Å². The van der Waals surface area contributed by atoms with Crippen molar-refractivity contribution in [2.24, 2.45) is 0 Å². The molecule has 2 rings (SSSR count). The van der Waals surface area contributed by atoms with Crippen molar-refractivity contribution in [1.29, 1.82) is 0 Å². The molecule has 0 spiro atoms. The summed E-state index contributed by atoms with van der Waals surface area (Å²) in [6.07, 6.45) is 1.51. The van der Waals surface area contributed by atoms with E-state index in [4.69, 9.17) is 10.5 Å². The molecule has 2 aromatic rings. The number of anilines is 1. The van der Waals surface area contributed by atoms with Gasteiger partial charge in [0.05, 0.1) is 0 Å². The van der Waals surface area contributed by atoms with Crippen LogP contribution >= 0.6 is 0 Å². The first-order valence-electron chi connectivity index (χ1n) is 5.19. The van der Waals surface area contributed by atoms with E-state index in [2.05, 4.69) is 5.10 Å². The Bertz CT molecular complexity index is 517. The molecule has 5 nitrogen and oxygen atoms in total. The third-order valence-corrected chi connectivity index (χ3v) is 2.25. The number of ether oxygens (including phenoxy) is 1. The summed E-state index contributed by atoms with van der Waals surface area (Å²) >= 11 is 0. The summed E-state index contributed by atoms with van der Waals surface area (Å²) < 4.78 is 6.51. The van der Waals surface area contributed by atoms with Crippen LogP contribution in [0.5, 0.6) is 5.75 Å². The Morgan fingerprint density at radius 2 is 2.06 bits per heavy atom.